The van der Waals surface area contributed by atoms with Crippen LogP contribution in [0.1, 0.15) is 6.92 Å². The molecule has 1 N–H and O–H groups in total. The van der Waals surface area contributed by atoms with Crippen molar-refractivity contribution >= 4 is 39.4 Å². The molecule has 1 aliphatic rings. The minimum Gasteiger partial charge on any atom is -1.00 e. The van der Waals surface area contributed by atoms with Gasteiger partial charge in [0.15, 0.2) is 5.69 Å². The molecule has 0 aliphatic carbocycles. The fourth-order valence-electron chi connectivity index (χ4n) is 2.13. The molecule has 1 amide bonds. The predicted octanol–water partition coefficient (Wildman–Crippen LogP) is 0.0839. The van der Waals surface area contributed by atoms with Crippen LogP contribution in [-0.2, 0) is 11.3 Å². The third kappa shape index (κ3) is 2.86. The van der Waals surface area contributed by atoms with Gasteiger partial charge in [-0.2, -0.15) is 4.99 Å². The van der Waals surface area contributed by atoms with Gasteiger partial charge in [0.05, 0.1) is 11.3 Å². The molecule has 0 unspecified atom stereocenters. The van der Waals surface area contributed by atoms with E-state index in [1.807, 2.05) is 31.2 Å². The number of carbonyl (C=O) groups is 1. The lowest BCUT2D eigenvalue weighted by molar-refractivity contribution is -0.115. The lowest BCUT2D eigenvalue weighted by Crippen LogP contribution is -3.00. The van der Waals surface area contributed by atoms with E-state index in [0.29, 0.717) is 23.2 Å². The number of aromatic hydroxyl groups is 1. The Morgan fingerprint density at radius 1 is 1.38 bits per heavy atom. The van der Waals surface area contributed by atoms with Crippen LogP contribution < -0.4 is 17.0 Å². The number of nitrogens with zero attached hydrogens (tertiary/aromatic N) is 4. The Balaban J connectivity index is 0.00000161. The number of hydrogen-bond acceptors (Lipinski definition) is 5. The highest BCUT2D eigenvalue weighted by Crippen LogP contribution is 2.38. The first-order valence-corrected chi connectivity index (χ1v) is 7.15. The number of aryl methyl sites for hydroxylation is 1. The second kappa shape index (κ2) is 6.40. The van der Waals surface area contributed by atoms with E-state index in [4.69, 9.17) is 0 Å². The number of azo groups is 1. The molecule has 0 saturated carbocycles. The average molecular weight is 368 g/mol. The topological polar surface area (TPSA) is 79.3 Å². The van der Waals surface area contributed by atoms with Crippen LogP contribution in [0.25, 0.3) is 10.9 Å². The number of halogens is 1. The summed E-state index contributed by atoms with van der Waals surface area (Å²) in [5.74, 6) is 0.174. The third-order valence-corrected chi connectivity index (χ3v) is 3.84. The number of amides is 1. The molecule has 0 radical (unpaired) electrons. The van der Waals surface area contributed by atoms with Crippen molar-refractivity contribution in [2.24, 2.45) is 15.2 Å². The molecule has 2 heterocycles. The second-order valence-corrected chi connectivity index (χ2v) is 5.15. The van der Waals surface area contributed by atoms with Crippen LogP contribution in [0.4, 0.5) is 5.69 Å². The molecule has 0 spiro atoms. The van der Waals surface area contributed by atoms with E-state index in [1.165, 1.54) is 11.8 Å². The van der Waals surface area contributed by atoms with Crippen LogP contribution in [0.3, 0.4) is 0 Å². The zero-order valence-electron chi connectivity index (χ0n) is 11.2. The van der Waals surface area contributed by atoms with Crippen LogP contribution in [0.15, 0.2) is 39.5 Å². The van der Waals surface area contributed by atoms with Crippen LogP contribution in [0.5, 0.6) is 5.88 Å². The van der Waals surface area contributed by atoms with Gasteiger partial charge in [-0.15, -0.1) is 10.2 Å². The van der Waals surface area contributed by atoms with Gasteiger partial charge in [-0.1, -0.05) is 30.0 Å². The third-order valence-electron chi connectivity index (χ3n) is 3.01. The summed E-state index contributed by atoms with van der Waals surface area (Å²) >= 11 is 1.25. The number of rotatable bonds is 2. The molecule has 3 rings (SSSR count). The van der Waals surface area contributed by atoms with Crippen molar-refractivity contribution in [3.8, 4) is 5.88 Å². The first kappa shape index (κ1) is 15.7. The van der Waals surface area contributed by atoms with Gasteiger partial charge in [-0.05, 0) is 13.0 Å². The molecule has 21 heavy (non-hydrogen) atoms. The van der Waals surface area contributed by atoms with Crippen LogP contribution >= 0.6 is 11.8 Å². The Morgan fingerprint density at radius 2 is 2.14 bits per heavy atom. The molecule has 8 heteroatoms. The number of aliphatic imine (C=N–C) groups is 1. The maximum atomic E-state index is 11.0. The largest absolute Gasteiger partial charge is 1.00 e. The van der Waals surface area contributed by atoms with E-state index in [0.717, 1.165) is 10.9 Å². The van der Waals surface area contributed by atoms with Crippen LogP contribution in [-0.4, -0.2) is 26.5 Å². The molecular weight excluding hydrogens is 356 g/mol. The van der Waals surface area contributed by atoms with E-state index in [9.17, 15) is 9.90 Å². The number of hydrogen-bond donors (Lipinski definition) is 1. The molecule has 110 valence electrons. The highest BCUT2D eigenvalue weighted by Gasteiger charge is 2.17. The van der Waals surface area contributed by atoms with Crippen molar-refractivity contribution in [3.63, 3.8) is 0 Å². The minimum absolute atomic E-state index is 0. The molecule has 6 nitrogen and oxygen atoms in total. The van der Waals surface area contributed by atoms with Gasteiger partial charge in [0, 0.05) is 11.9 Å². The molecule has 1 aromatic heterocycles. The van der Waals surface area contributed by atoms with Crippen molar-refractivity contribution < 1.29 is 26.9 Å². The van der Waals surface area contributed by atoms with E-state index in [2.05, 4.69) is 15.2 Å². The van der Waals surface area contributed by atoms with Gasteiger partial charge in [-0.25, -0.2) is 0 Å². The quantitative estimate of drug-likeness (QED) is 0.763. The maximum absolute atomic E-state index is 11.0. The number of aromatic nitrogens is 1. The monoisotopic (exact) mass is 367 g/mol. The molecule has 0 bridgehead atoms. The first-order valence-electron chi connectivity index (χ1n) is 6.17. The summed E-state index contributed by atoms with van der Waals surface area (Å²) in [6, 6.07) is 7.59. The van der Waals surface area contributed by atoms with Crippen LogP contribution in [0, 0.1) is 0 Å². The predicted molar refractivity (Wildman–Crippen MR) is 78.7 cm³/mol. The zero-order chi connectivity index (χ0) is 14.1. The first-order chi connectivity index (χ1) is 9.70. The summed E-state index contributed by atoms with van der Waals surface area (Å²) < 4.78 is 1.76. The van der Waals surface area contributed by atoms with Gasteiger partial charge in [0.25, 0.3) is 5.91 Å². The van der Waals surface area contributed by atoms with Crippen molar-refractivity contribution in [2.75, 3.05) is 5.75 Å². The van der Waals surface area contributed by atoms with E-state index < -0.39 is 0 Å². The Hall–Kier alpha value is -1.67. The van der Waals surface area contributed by atoms with Gasteiger partial charge in [0.2, 0.25) is 11.0 Å². The Morgan fingerprint density at radius 3 is 2.81 bits per heavy atom. The van der Waals surface area contributed by atoms with E-state index >= 15 is 0 Å². The average Bonchev–Trinajstić information content (AvgIpc) is 2.98. The van der Waals surface area contributed by atoms with E-state index in [1.54, 1.807) is 4.57 Å². The zero-order valence-corrected chi connectivity index (χ0v) is 13.6. The summed E-state index contributed by atoms with van der Waals surface area (Å²) in [7, 11) is 0. The highest BCUT2D eigenvalue weighted by atomic mass is 79.9. The molecule has 1 aliphatic heterocycles. The molecule has 1 aromatic carbocycles. The second-order valence-electron chi connectivity index (χ2n) is 4.21. The Kier molecular flexibility index (Phi) is 4.79. The maximum Gasteiger partial charge on any atom is 0.258 e. The van der Waals surface area contributed by atoms with E-state index in [-0.39, 0.29) is 28.8 Å². The SMILES string of the molecule is CCn1c(O)c(N=NC2=NC(=O)CS2)c2ccccc21.[Br-]. The van der Waals surface area contributed by atoms with Gasteiger partial charge in [-0.3, -0.25) is 4.79 Å². The van der Waals surface area contributed by atoms with Gasteiger partial charge < -0.3 is 26.7 Å². The fourth-order valence-corrected chi connectivity index (χ4v) is 2.71. The van der Waals surface area contributed by atoms with Crippen molar-refractivity contribution in [3.05, 3.63) is 24.3 Å². The molecule has 0 fully saturated rings. The summed E-state index contributed by atoms with van der Waals surface area (Å²) in [5.41, 5.74) is 1.31. The molecule has 0 atom stereocenters. The van der Waals surface area contributed by atoms with Crippen LogP contribution in [0.2, 0.25) is 0 Å². The van der Waals surface area contributed by atoms with Crippen molar-refractivity contribution in [2.45, 2.75) is 13.5 Å². The molecule has 2 aromatic rings. The number of para-hydroxylation sites is 1. The lowest BCUT2D eigenvalue weighted by Gasteiger charge is -2.00. The molecule has 0 saturated heterocycles. The molecular formula is C13H12BrN4O2S-. The summed E-state index contributed by atoms with van der Waals surface area (Å²) in [6.45, 7) is 2.58. The standard InChI is InChI=1S/C13H12N4O2S.BrH/c1-2-17-9-6-4-3-5-8(9)11(12(17)19)15-16-13-14-10(18)7-20-13;/h3-6,19H,2,7H2,1H3;1H/p-1. The number of benzene rings is 1. The Labute approximate surface area is 135 Å². The number of thioether (sulfide) groups is 1. The summed E-state index contributed by atoms with van der Waals surface area (Å²) in [5, 5.41) is 19.4. The van der Waals surface area contributed by atoms with Gasteiger partial charge >= 0.3 is 0 Å². The fraction of sp³-hybridized carbons (Fsp3) is 0.231. The normalized spacial score (nSPS) is 14.7. The smallest absolute Gasteiger partial charge is 0.258 e. The minimum atomic E-state index is -0.204. The number of fused-ring (bicyclic) bond motifs is 1. The number of carbonyl (C=O) groups excluding carboxylic acids is 1. The number of amidine groups is 1. The Bertz CT molecular complexity index is 754. The van der Waals surface area contributed by atoms with Gasteiger partial charge in [0.1, 0.15) is 0 Å². The highest BCUT2D eigenvalue weighted by molar-refractivity contribution is 8.14. The van der Waals surface area contributed by atoms with Crippen molar-refractivity contribution in [1.29, 1.82) is 0 Å². The summed E-state index contributed by atoms with van der Waals surface area (Å²) in [4.78, 5) is 14.8. The lowest BCUT2D eigenvalue weighted by atomic mass is 10.2. The van der Waals surface area contributed by atoms with Crippen molar-refractivity contribution in [1.82, 2.24) is 4.57 Å². The summed E-state index contributed by atoms with van der Waals surface area (Å²) in [6.07, 6.45) is 0.